The number of fused-ring (bicyclic) bond motifs is 1. The van der Waals surface area contributed by atoms with Gasteiger partial charge in [-0.15, -0.1) is 0 Å². The third-order valence-electron chi connectivity index (χ3n) is 4.01. The van der Waals surface area contributed by atoms with Gasteiger partial charge in [-0.25, -0.2) is 0 Å². The third-order valence-corrected chi connectivity index (χ3v) is 4.01. The van der Waals surface area contributed by atoms with Crippen LogP contribution in [0.15, 0.2) is 12.3 Å². The highest BCUT2D eigenvalue weighted by molar-refractivity contribution is 5.91. The molecule has 2 aromatic rings. The van der Waals surface area contributed by atoms with Gasteiger partial charge in [-0.3, -0.25) is 0 Å². The highest BCUT2D eigenvalue weighted by Gasteiger charge is 2.17. The van der Waals surface area contributed by atoms with Crippen molar-refractivity contribution < 1.29 is 0 Å². The van der Waals surface area contributed by atoms with Crippen LogP contribution in [0.2, 0.25) is 0 Å². The van der Waals surface area contributed by atoms with Crippen molar-refractivity contribution in [2.45, 2.75) is 60.4 Å². The fourth-order valence-electron chi connectivity index (χ4n) is 2.87. The van der Waals surface area contributed by atoms with Crippen LogP contribution < -0.4 is 0 Å². The van der Waals surface area contributed by atoms with Crippen LogP contribution in [0.1, 0.15) is 61.9 Å². The fourth-order valence-corrected chi connectivity index (χ4v) is 2.87. The Morgan fingerprint density at radius 3 is 2.06 bits per heavy atom. The fraction of sp³-hybridized carbons (Fsp3) is 0.529. The Balaban J connectivity index is 2.97. The average Bonchev–Trinajstić information content (AvgIpc) is 2.61. The van der Waals surface area contributed by atoms with E-state index >= 15 is 0 Å². The quantitative estimate of drug-likeness (QED) is 0.677. The Morgan fingerprint density at radius 2 is 1.56 bits per heavy atom. The molecule has 98 valence electrons. The number of hydrogen-bond acceptors (Lipinski definition) is 0. The molecule has 0 fully saturated rings. The molecule has 0 saturated carbocycles. The molecule has 18 heavy (non-hydrogen) atoms. The lowest BCUT2D eigenvalue weighted by Gasteiger charge is -2.17. The second-order valence-electron chi connectivity index (χ2n) is 6.10. The summed E-state index contributed by atoms with van der Waals surface area (Å²) in [6.07, 6.45) is 2.31. The summed E-state index contributed by atoms with van der Waals surface area (Å²) in [4.78, 5) is 0. The molecule has 0 atom stereocenters. The third kappa shape index (κ3) is 1.86. The van der Waals surface area contributed by atoms with E-state index in [1.165, 1.54) is 33.2 Å². The van der Waals surface area contributed by atoms with Crippen molar-refractivity contribution in [3.8, 4) is 0 Å². The topological polar surface area (TPSA) is 4.93 Å². The van der Waals surface area contributed by atoms with Crippen molar-refractivity contribution in [1.29, 1.82) is 0 Å². The van der Waals surface area contributed by atoms with Crippen LogP contribution in [0.3, 0.4) is 0 Å². The summed E-state index contributed by atoms with van der Waals surface area (Å²) in [6.45, 7) is 15.8. The summed E-state index contributed by atoms with van der Waals surface area (Å²) >= 11 is 0. The number of benzene rings is 1. The smallest absolute Gasteiger partial charge is 0.0523 e. The standard InChI is InChI=1S/C17H25N/c1-10(2)15-8-12(5)14(7)16-13(6)9-18(11(3)4)17(15)16/h8-11H,1-7H3. The lowest BCUT2D eigenvalue weighted by atomic mass is 9.93. The number of hydrogen-bond donors (Lipinski definition) is 0. The minimum absolute atomic E-state index is 0.515. The maximum Gasteiger partial charge on any atom is 0.0523 e. The van der Waals surface area contributed by atoms with Crippen molar-refractivity contribution in [2.75, 3.05) is 0 Å². The van der Waals surface area contributed by atoms with Gasteiger partial charge in [-0.05, 0) is 62.8 Å². The molecule has 1 heteroatoms. The van der Waals surface area contributed by atoms with E-state index in [1.807, 2.05) is 0 Å². The zero-order chi connectivity index (χ0) is 13.6. The van der Waals surface area contributed by atoms with Crippen molar-refractivity contribution in [2.24, 2.45) is 0 Å². The van der Waals surface area contributed by atoms with Crippen LogP contribution in [-0.2, 0) is 0 Å². The van der Waals surface area contributed by atoms with E-state index in [4.69, 9.17) is 0 Å². The maximum absolute atomic E-state index is 2.44. The molecule has 0 saturated heterocycles. The van der Waals surface area contributed by atoms with Gasteiger partial charge in [-0.2, -0.15) is 0 Å². The molecule has 1 heterocycles. The van der Waals surface area contributed by atoms with Gasteiger partial charge in [0.15, 0.2) is 0 Å². The van der Waals surface area contributed by atoms with Crippen LogP contribution in [0.5, 0.6) is 0 Å². The van der Waals surface area contributed by atoms with E-state index in [9.17, 15) is 0 Å². The average molecular weight is 243 g/mol. The van der Waals surface area contributed by atoms with E-state index in [0.717, 1.165) is 0 Å². The minimum Gasteiger partial charge on any atom is -0.344 e. The molecule has 0 radical (unpaired) electrons. The van der Waals surface area contributed by atoms with Gasteiger partial charge in [0.2, 0.25) is 0 Å². The van der Waals surface area contributed by atoms with Crippen molar-refractivity contribution >= 4 is 10.9 Å². The predicted molar refractivity (Wildman–Crippen MR) is 80.6 cm³/mol. The Morgan fingerprint density at radius 1 is 0.944 bits per heavy atom. The number of rotatable bonds is 2. The van der Waals surface area contributed by atoms with Gasteiger partial charge in [0.1, 0.15) is 0 Å². The van der Waals surface area contributed by atoms with E-state index in [-0.39, 0.29) is 0 Å². The summed E-state index contributed by atoms with van der Waals surface area (Å²) in [5.74, 6) is 0.568. The van der Waals surface area contributed by atoms with Crippen LogP contribution in [-0.4, -0.2) is 4.57 Å². The molecule has 0 aliphatic heterocycles. The first-order valence-corrected chi connectivity index (χ1v) is 6.95. The van der Waals surface area contributed by atoms with Gasteiger partial charge in [0.25, 0.3) is 0 Å². The first-order valence-electron chi connectivity index (χ1n) is 6.95. The van der Waals surface area contributed by atoms with Gasteiger partial charge in [-0.1, -0.05) is 19.9 Å². The Labute approximate surface area is 111 Å². The second-order valence-corrected chi connectivity index (χ2v) is 6.10. The molecule has 0 bridgehead atoms. The lowest BCUT2D eigenvalue weighted by molar-refractivity contribution is 0.618. The number of aryl methyl sites for hydroxylation is 3. The van der Waals surface area contributed by atoms with E-state index in [2.05, 4.69) is 65.3 Å². The first kappa shape index (κ1) is 13.2. The molecule has 1 aromatic carbocycles. The minimum atomic E-state index is 0.515. The molecular formula is C17H25N. The highest BCUT2D eigenvalue weighted by atomic mass is 15.0. The summed E-state index contributed by atoms with van der Waals surface area (Å²) in [7, 11) is 0. The molecule has 0 aliphatic rings. The largest absolute Gasteiger partial charge is 0.344 e. The SMILES string of the molecule is Cc1cc(C(C)C)c2c(c(C)cn2C(C)C)c1C. The monoisotopic (exact) mass is 243 g/mol. The van der Waals surface area contributed by atoms with Crippen LogP contribution in [0.25, 0.3) is 10.9 Å². The van der Waals surface area contributed by atoms with Gasteiger partial charge in [0, 0.05) is 17.6 Å². The lowest BCUT2D eigenvalue weighted by Crippen LogP contribution is -2.03. The summed E-state index contributed by atoms with van der Waals surface area (Å²) < 4.78 is 2.44. The molecule has 0 spiro atoms. The Kier molecular flexibility index (Phi) is 3.27. The van der Waals surface area contributed by atoms with Gasteiger partial charge < -0.3 is 4.57 Å². The van der Waals surface area contributed by atoms with Gasteiger partial charge in [0.05, 0.1) is 5.52 Å². The van der Waals surface area contributed by atoms with E-state index < -0.39 is 0 Å². The molecule has 1 nitrogen and oxygen atoms in total. The zero-order valence-corrected chi connectivity index (χ0v) is 12.8. The predicted octanol–water partition coefficient (Wildman–Crippen LogP) is 5.27. The summed E-state index contributed by atoms with van der Waals surface area (Å²) in [6, 6.07) is 2.89. The molecule has 0 aliphatic carbocycles. The van der Waals surface area contributed by atoms with Crippen LogP contribution in [0, 0.1) is 20.8 Å². The molecule has 0 amide bonds. The molecular weight excluding hydrogens is 218 g/mol. The van der Waals surface area contributed by atoms with Crippen molar-refractivity contribution in [3.05, 3.63) is 34.5 Å². The zero-order valence-electron chi connectivity index (χ0n) is 12.8. The molecule has 0 unspecified atom stereocenters. The van der Waals surface area contributed by atoms with E-state index in [0.29, 0.717) is 12.0 Å². The van der Waals surface area contributed by atoms with Crippen molar-refractivity contribution in [3.63, 3.8) is 0 Å². The number of aromatic nitrogens is 1. The Hall–Kier alpha value is -1.24. The van der Waals surface area contributed by atoms with E-state index in [1.54, 1.807) is 0 Å². The normalized spacial score (nSPS) is 12.1. The second kappa shape index (κ2) is 4.46. The van der Waals surface area contributed by atoms with Crippen LogP contribution in [0.4, 0.5) is 0 Å². The maximum atomic E-state index is 2.44. The number of nitrogens with zero attached hydrogens (tertiary/aromatic N) is 1. The first-order chi connectivity index (χ1) is 8.34. The highest BCUT2D eigenvalue weighted by Crippen LogP contribution is 2.35. The molecule has 0 N–H and O–H groups in total. The van der Waals surface area contributed by atoms with Gasteiger partial charge >= 0.3 is 0 Å². The van der Waals surface area contributed by atoms with Crippen molar-refractivity contribution in [1.82, 2.24) is 4.57 Å². The summed E-state index contributed by atoms with van der Waals surface area (Å²) in [5, 5.41) is 1.47. The molecule has 1 aromatic heterocycles. The van der Waals surface area contributed by atoms with Crippen LogP contribution >= 0.6 is 0 Å². The summed E-state index contributed by atoms with van der Waals surface area (Å²) in [5.41, 5.74) is 7.18. The Bertz CT molecular complexity index is 585. The molecule has 2 rings (SSSR count).